The van der Waals surface area contributed by atoms with Crippen LogP contribution in [0.15, 0.2) is 24.3 Å². The highest BCUT2D eigenvalue weighted by Crippen LogP contribution is 2.19. The van der Waals surface area contributed by atoms with Gasteiger partial charge in [-0.2, -0.15) is 0 Å². The molecule has 2 fully saturated rings. The predicted molar refractivity (Wildman–Crippen MR) is 159 cm³/mol. The molecule has 7 atom stereocenters. The zero-order chi connectivity index (χ0) is 34.0. The Morgan fingerprint density at radius 3 is 2.07 bits per heavy atom. The van der Waals surface area contributed by atoms with Crippen molar-refractivity contribution in [2.75, 3.05) is 26.3 Å². The van der Waals surface area contributed by atoms with Crippen molar-refractivity contribution in [3.05, 3.63) is 29.8 Å². The number of likely N-dealkylation sites (tertiary alicyclic amines) is 1. The van der Waals surface area contributed by atoms with Gasteiger partial charge in [-0.25, -0.2) is 4.79 Å². The van der Waals surface area contributed by atoms with Crippen molar-refractivity contribution >= 4 is 35.5 Å². The average molecular weight is 651 g/mol. The van der Waals surface area contributed by atoms with Crippen LogP contribution in [0.1, 0.15) is 38.2 Å². The predicted octanol–water partition coefficient (Wildman–Crippen LogP) is -3.93. The fourth-order valence-corrected chi connectivity index (χ4v) is 5.32. The van der Waals surface area contributed by atoms with E-state index in [9.17, 15) is 54.3 Å². The molecule has 10 N–H and O–H groups in total. The minimum absolute atomic E-state index is 0.0457. The van der Waals surface area contributed by atoms with E-state index in [1.807, 2.05) is 0 Å². The van der Waals surface area contributed by atoms with Gasteiger partial charge in [0.1, 0.15) is 29.9 Å². The number of aliphatic hydroxyl groups excluding tert-OH is 3. The number of carboxylic acids is 1. The lowest BCUT2D eigenvalue weighted by molar-refractivity contribution is -0.147. The lowest BCUT2D eigenvalue weighted by atomic mass is 10.0. The minimum Gasteiger partial charge on any atom is -0.508 e. The molecular formula is C29H42N6O11. The lowest BCUT2D eigenvalue weighted by Gasteiger charge is -2.30. The molecule has 46 heavy (non-hydrogen) atoms. The number of aliphatic hydroxyl groups is 3. The first-order chi connectivity index (χ1) is 21.9. The maximum absolute atomic E-state index is 13.5. The van der Waals surface area contributed by atoms with Gasteiger partial charge < -0.3 is 57.0 Å². The van der Waals surface area contributed by atoms with Crippen LogP contribution in [0.2, 0.25) is 0 Å². The topological polar surface area (TPSA) is 267 Å². The molecule has 2 aliphatic heterocycles. The number of hydrogen-bond donors (Lipinski definition) is 10. The molecule has 5 amide bonds. The number of carboxylic acid groups (broad SMARTS) is 1. The van der Waals surface area contributed by atoms with Gasteiger partial charge >= 0.3 is 5.97 Å². The van der Waals surface area contributed by atoms with Crippen molar-refractivity contribution in [3.63, 3.8) is 0 Å². The summed E-state index contributed by atoms with van der Waals surface area (Å²) in [5.74, 6) is -5.47. The van der Waals surface area contributed by atoms with E-state index in [0.717, 1.165) is 11.3 Å². The summed E-state index contributed by atoms with van der Waals surface area (Å²) in [5.41, 5.74) is 0.493. The first-order valence-corrected chi connectivity index (χ1v) is 15.0. The lowest BCUT2D eigenvalue weighted by Crippen LogP contribution is -2.61. The number of nitrogens with one attached hydrogen (secondary N) is 5. The molecule has 2 heterocycles. The number of aliphatic carboxylic acids is 1. The quantitative estimate of drug-likeness (QED) is 0.0872. The highest BCUT2D eigenvalue weighted by Gasteiger charge is 2.40. The standard InChI is InChI=1S/C29H42N6O11/c1-15(38)23(29(45)46)34-27(43)22-5-3-11-35(22)28(44)21(14-37)33-25(41)19(12-16-6-8-17(39)9-7-16)31-26(42)20(13-36)32-24(40)18-4-2-10-30-18/h6-9,15,18-23,30,36-39H,2-5,10-14H2,1H3,(H,31,42)(H,32,40)(H,33,41)(H,34,43)(H,45,46)/t15-,18+,19+,20+,21+,22+,23+/m1/s1. The van der Waals surface area contributed by atoms with Gasteiger partial charge in [0, 0.05) is 13.0 Å². The summed E-state index contributed by atoms with van der Waals surface area (Å²) in [5, 5.41) is 61.1. The molecule has 17 heteroatoms. The number of aromatic hydroxyl groups is 1. The molecule has 0 unspecified atom stereocenters. The maximum Gasteiger partial charge on any atom is 0.328 e. The fourth-order valence-electron chi connectivity index (χ4n) is 5.32. The van der Waals surface area contributed by atoms with E-state index in [0.29, 0.717) is 24.9 Å². The summed E-state index contributed by atoms with van der Waals surface area (Å²) in [4.78, 5) is 78.0. The van der Waals surface area contributed by atoms with Crippen LogP contribution in [0.5, 0.6) is 5.75 Å². The van der Waals surface area contributed by atoms with Gasteiger partial charge in [0.2, 0.25) is 29.5 Å². The van der Waals surface area contributed by atoms with Crippen molar-refractivity contribution in [2.24, 2.45) is 0 Å². The van der Waals surface area contributed by atoms with E-state index < -0.39 is 91.1 Å². The molecule has 1 aromatic carbocycles. The van der Waals surface area contributed by atoms with Gasteiger partial charge in [-0.1, -0.05) is 12.1 Å². The summed E-state index contributed by atoms with van der Waals surface area (Å²) >= 11 is 0. The van der Waals surface area contributed by atoms with Crippen LogP contribution < -0.4 is 26.6 Å². The van der Waals surface area contributed by atoms with Crippen molar-refractivity contribution in [2.45, 2.75) is 81.4 Å². The van der Waals surface area contributed by atoms with E-state index >= 15 is 0 Å². The van der Waals surface area contributed by atoms with E-state index in [1.54, 1.807) is 0 Å². The maximum atomic E-state index is 13.5. The number of nitrogens with zero attached hydrogens (tertiary/aromatic N) is 1. The average Bonchev–Trinajstić information content (AvgIpc) is 3.74. The SMILES string of the molecule is C[C@@H](O)[C@H](NC(=O)[C@@H]1CCCN1C(=O)[C@H](CO)NC(=O)[C@H](Cc1ccc(O)cc1)NC(=O)[C@H](CO)NC(=O)[C@@H]1CCCN1)C(=O)O. The molecule has 3 rings (SSSR count). The Morgan fingerprint density at radius 2 is 1.50 bits per heavy atom. The van der Waals surface area contributed by atoms with E-state index in [4.69, 9.17) is 0 Å². The number of phenolic OH excluding ortho intramolecular Hbond substituents is 1. The Kier molecular flexibility index (Phi) is 13.2. The molecule has 0 saturated carbocycles. The molecule has 2 saturated heterocycles. The zero-order valence-corrected chi connectivity index (χ0v) is 25.3. The second-order valence-electron chi connectivity index (χ2n) is 11.3. The Labute approximate surface area is 264 Å². The van der Waals surface area contributed by atoms with Crippen LogP contribution >= 0.6 is 0 Å². The molecular weight excluding hydrogens is 608 g/mol. The molecule has 17 nitrogen and oxygen atoms in total. The Hall–Kier alpha value is -4.32. The van der Waals surface area contributed by atoms with E-state index in [2.05, 4.69) is 26.6 Å². The Bertz CT molecular complexity index is 1250. The first kappa shape index (κ1) is 36.2. The van der Waals surface area contributed by atoms with Gasteiger partial charge in [0.25, 0.3) is 0 Å². The van der Waals surface area contributed by atoms with Crippen LogP contribution in [-0.4, -0.2) is 135 Å². The highest BCUT2D eigenvalue weighted by atomic mass is 16.4. The minimum atomic E-state index is -1.62. The number of phenols is 1. The first-order valence-electron chi connectivity index (χ1n) is 15.0. The molecule has 0 radical (unpaired) electrons. The summed E-state index contributed by atoms with van der Waals surface area (Å²) in [6.45, 7) is 0.222. The van der Waals surface area contributed by atoms with E-state index in [1.165, 1.54) is 31.2 Å². The smallest absolute Gasteiger partial charge is 0.328 e. The van der Waals surface area contributed by atoms with Crippen molar-refractivity contribution < 1.29 is 54.3 Å². The summed E-state index contributed by atoms with van der Waals surface area (Å²) < 4.78 is 0. The normalized spacial score (nSPS) is 20.9. The third-order valence-electron chi connectivity index (χ3n) is 7.88. The van der Waals surface area contributed by atoms with Crippen LogP contribution in [0.4, 0.5) is 0 Å². The second kappa shape index (κ2) is 16.8. The van der Waals surface area contributed by atoms with Gasteiger partial charge in [-0.05, 0) is 56.8 Å². The molecule has 254 valence electrons. The third kappa shape index (κ3) is 9.59. The van der Waals surface area contributed by atoms with Crippen LogP contribution in [0.25, 0.3) is 0 Å². The number of rotatable bonds is 15. The largest absolute Gasteiger partial charge is 0.508 e. The van der Waals surface area contributed by atoms with Gasteiger partial charge in [0.15, 0.2) is 6.04 Å². The number of carbonyl (C=O) groups excluding carboxylic acids is 5. The number of benzene rings is 1. The fraction of sp³-hybridized carbons (Fsp3) is 0.586. The van der Waals surface area contributed by atoms with Crippen molar-refractivity contribution in [3.8, 4) is 5.75 Å². The van der Waals surface area contributed by atoms with Gasteiger partial charge in [0.05, 0.1) is 25.4 Å². The van der Waals surface area contributed by atoms with Crippen molar-refractivity contribution in [1.82, 2.24) is 31.5 Å². The summed E-state index contributed by atoms with van der Waals surface area (Å²) in [7, 11) is 0. The molecule has 0 aliphatic carbocycles. The van der Waals surface area contributed by atoms with Crippen molar-refractivity contribution in [1.29, 1.82) is 0 Å². The van der Waals surface area contributed by atoms with Crippen LogP contribution in [0, 0.1) is 0 Å². The summed E-state index contributed by atoms with van der Waals surface area (Å²) in [6.07, 6.45) is 0.281. The summed E-state index contributed by atoms with van der Waals surface area (Å²) in [6, 6.07) is -1.90. The molecule has 0 aromatic heterocycles. The molecule has 0 spiro atoms. The van der Waals surface area contributed by atoms with Crippen LogP contribution in [0.3, 0.4) is 0 Å². The van der Waals surface area contributed by atoms with Gasteiger partial charge in [-0.15, -0.1) is 0 Å². The third-order valence-corrected chi connectivity index (χ3v) is 7.88. The number of hydrogen-bond acceptors (Lipinski definition) is 11. The van der Waals surface area contributed by atoms with Crippen LogP contribution in [-0.2, 0) is 35.2 Å². The monoisotopic (exact) mass is 650 g/mol. The highest BCUT2D eigenvalue weighted by molar-refractivity contribution is 5.96. The second-order valence-corrected chi connectivity index (χ2v) is 11.3. The Morgan fingerprint density at radius 1 is 0.870 bits per heavy atom. The van der Waals surface area contributed by atoms with E-state index in [-0.39, 0.29) is 25.1 Å². The molecule has 2 aliphatic rings. The molecule has 0 bridgehead atoms. The number of carbonyl (C=O) groups is 6. The zero-order valence-electron chi connectivity index (χ0n) is 25.3. The molecule has 1 aromatic rings. The number of amides is 5. The Balaban J connectivity index is 1.74. The van der Waals surface area contributed by atoms with Gasteiger partial charge in [-0.3, -0.25) is 24.0 Å².